The number of rotatable bonds is 4. The molecular weight excluding hydrogens is 271 g/mol. The Balaban J connectivity index is 2.07. The molecule has 20 heavy (non-hydrogen) atoms. The van der Waals surface area contributed by atoms with Crippen molar-refractivity contribution < 1.29 is 22.7 Å². The molecule has 6 heteroatoms. The predicted octanol–water partition coefficient (Wildman–Crippen LogP) is 2.96. The number of halogens is 3. The molecule has 1 aromatic carbocycles. The van der Waals surface area contributed by atoms with Crippen LogP contribution in [0, 0.1) is 0 Å². The van der Waals surface area contributed by atoms with Gasteiger partial charge in [-0.15, -0.1) is 0 Å². The normalized spacial score (nSPS) is 17.5. The van der Waals surface area contributed by atoms with E-state index in [-0.39, 0.29) is 25.6 Å². The molecular formula is C14H16F3NO2. The molecule has 0 aliphatic carbocycles. The third-order valence-electron chi connectivity index (χ3n) is 3.36. The van der Waals surface area contributed by atoms with E-state index in [4.69, 9.17) is 4.74 Å². The van der Waals surface area contributed by atoms with Gasteiger partial charge in [-0.3, -0.25) is 4.79 Å². The molecule has 0 spiro atoms. The molecule has 1 aliphatic rings. The maximum atomic E-state index is 12.3. The minimum absolute atomic E-state index is 0.195. The lowest BCUT2D eigenvalue weighted by atomic mass is 10.00. The second-order valence-corrected chi connectivity index (χ2v) is 4.68. The number of amides is 1. The van der Waals surface area contributed by atoms with Gasteiger partial charge in [-0.05, 0) is 13.0 Å². The highest BCUT2D eigenvalue weighted by molar-refractivity contribution is 5.85. The standard InChI is InChI=1S/C14H16F3NO2/c1-2-18(8-7-14(15,16)17)13(19)11-9-20-12-6-4-3-5-10(11)12/h3-6,11H,2,7-9H2,1H3. The summed E-state index contributed by atoms with van der Waals surface area (Å²) in [5.74, 6) is -0.168. The van der Waals surface area contributed by atoms with Crippen LogP contribution in [0.1, 0.15) is 24.8 Å². The number of carbonyl (C=O) groups is 1. The molecule has 0 fully saturated rings. The van der Waals surface area contributed by atoms with Gasteiger partial charge in [-0.2, -0.15) is 13.2 Å². The Morgan fingerprint density at radius 1 is 1.40 bits per heavy atom. The topological polar surface area (TPSA) is 29.5 Å². The first-order chi connectivity index (χ1) is 9.42. The van der Waals surface area contributed by atoms with Crippen LogP contribution in [0.15, 0.2) is 24.3 Å². The van der Waals surface area contributed by atoms with Crippen LogP contribution in [0.2, 0.25) is 0 Å². The summed E-state index contributed by atoms with van der Waals surface area (Å²) in [5, 5.41) is 0. The van der Waals surface area contributed by atoms with Crippen LogP contribution in [0.5, 0.6) is 5.75 Å². The van der Waals surface area contributed by atoms with Crippen molar-refractivity contribution in [3.63, 3.8) is 0 Å². The number of ether oxygens (including phenoxy) is 1. The molecule has 3 nitrogen and oxygen atoms in total. The van der Waals surface area contributed by atoms with Gasteiger partial charge in [-0.25, -0.2) is 0 Å². The van der Waals surface area contributed by atoms with Gasteiger partial charge < -0.3 is 9.64 Å². The van der Waals surface area contributed by atoms with Crippen molar-refractivity contribution in [2.75, 3.05) is 19.7 Å². The van der Waals surface area contributed by atoms with Crippen LogP contribution < -0.4 is 4.74 Å². The van der Waals surface area contributed by atoms with Crippen molar-refractivity contribution in [1.82, 2.24) is 4.90 Å². The number of benzene rings is 1. The zero-order valence-electron chi connectivity index (χ0n) is 11.1. The Morgan fingerprint density at radius 3 is 2.75 bits per heavy atom. The van der Waals surface area contributed by atoms with Crippen LogP contribution in [0.25, 0.3) is 0 Å². The number of hydrogen-bond donors (Lipinski definition) is 0. The van der Waals surface area contributed by atoms with Gasteiger partial charge in [0.15, 0.2) is 0 Å². The van der Waals surface area contributed by atoms with E-state index in [0.29, 0.717) is 5.75 Å². The monoisotopic (exact) mass is 287 g/mol. The molecule has 0 aromatic heterocycles. The second kappa shape index (κ2) is 5.73. The molecule has 0 radical (unpaired) electrons. The van der Waals surface area contributed by atoms with Crippen molar-refractivity contribution in [1.29, 1.82) is 0 Å². The van der Waals surface area contributed by atoms with Crippen LogP contribution in [-0.2, 0) is 4.79 Å². The van der Waals surface area contributed by atoms with E-state index in [2.05, 4.69) is 0 Å². The molecule has 1 amide bonds. The first-order valence-corrected chi connectivity index (χ1v) is 6.49. The molecule has 0 bridgehead atoms. The molecule has 0 saturated carbocycles. The lowest BCUT2D eigenvalue weighted by molar-refractivity contribution is -0.146. The average molecular weight is 287 g/mol. The number of nitrogens with zero attached hydrogens (tertiary/aromatic N) is 1. The molecule has 1 heterocycles. The lowest BCUT2D eigenvalue weighted by Gasteiger charge is -2.24. The van der Waals surface area contributed by atoms with E-state index in [1.165, 1.54) is 4.90 Å². The highest BCUT2D eigenvalue weighted by atomic mass is 19.4. The van der Waals surface area contributed by atoms with Crippen molar-refractivity contribution in [2.45, 2.75) is 25.4 Å². The fraction of sp³-hybridized carbons (Fsp3) is 0.500. The first-order valence-electron chi connectivity index (χ1n) is 6.49. The average Bonchev–Trinajstić information content (AvgIpc) is 2.81. The van der Waals surface area contributed by atoms with E-state index in [1.807, 2.05) is 0 Å². The summed E-state index contributed by atoms with van der Waals surface area (Å²) in [6.07, 6.45) is -5.24. The van der Waals surface area contributed by atoms with Crippen molar-refractivity contribution in [3.05, 3.63) is 29.8 Å². The molecule has 0 saturated heterocycles. The van der Waals surface area contributed by atoms with Gasteiger partial charge >= 0.3 is 6.18 Å². The molecule has 1 unspecified atom stereocenters. The smallest absolute Gasteiger partial charge is 0.390 e. The fourth-order valence-corrected chi connectivity index (χ4v) is 2.27. The third kappa shape index (κ3) is 3.23. The van der Waals surface area contributed by atoms with E-state index >= 15 is 0 Å². The van der Waals surface area contributed by atoms with Crippen LogP contribution in [0.4, 0.5) is 13.2 Å². The lowest BCUT2D eigenvalue weighted by Crippen LogP contribution is -2.37. The first kappa shape index (κ1) is 14.7. The van der Waals surface area contributed by atoms with Gasteiger partial charge in [0.05, 0.1) is 6.42 Å². The molecule has 1 atom stereocenters. The molecule has 110 valence electrons. The highest BCUT2D eigenvalue weighted by Gasteiger charge is 2.34. The van der Waals surface area contributed by atoms with Gasteiger partial charge in [-0.1, -0.05) is 18.2 Å². The third-order valence-corrected chi connectivity index (χ3v) is 3.36. The van der Waals surface area contributed by atoms with Crippen molar-refractivity contribution >= 4 is 5.91 Å². The number of likely N-dealkylation sites (N-methyl/N-ethyl adjacent to an activating group) is 1. The minimum atomic E-state index is -4.25. The number of hydrogen-bond acceptors (Lipinski definition) is 2. The summed E-state index contributed by atoms with van der Waals surface area (Å²) < 4.78 is 42.2. The van der Waals surface area contributed by atoms with Crippen LogP contribution >= 0.6 is 0 Å². The predicted molar refractivity (Wildman–Crippen MR) is 67.6 cm³/mol. The molecule has 0 N–H and O–H groups in total. The van der Waals surface area contributed by atoms with Crippen LogP contribution in [-0.4, -0.2) is 36.7 Å². The van der Waals surface area contributed by atoms with Crippen molar-refractivity contribution in [3.8, 4) is 5.75 Å². The number of para-hydroxylation sites is 1. The van der Waals surface area contributed by atoms with Gasteiger partial charge in [0.1, 0.15) is 18.3 Å². The van der Waals surface area contributed by atoms with Gasteiger partial charge in [0.25, 0.3) is 0 Å². The number of fused-ring (bicyclic) bond motifs is 1. The Labute approximate surface area is 115 Å². The summed E-state index contributed by atoms with van der Waals surface area (Å²) in [6, 6.07) is 7.13. The maximum absolute atomic E-state index is 12.3. The largest absolute Gasteiger partial charge is 0.492 e. The van der Waals surface area contributed by atoms with E-state index < -0.39 is 18.5 Å². The highest BCUT2D eigenvalue weighted by Crippen LogP contribution is 2.34. The molecule has 2 rings (SSSR count). The van der Waals surface area contributed by atoms with Crippen molar-refractivity contribution in [2.24, 2.45) is 0 Å². The second-order valence-electron chi connectivity index (χ2n) is 4.68. The number of carbonyl (C=O) groups excluding carboxylic acids is 1. The SMILES string of the molecule is CCN(CCC(F)(F)F)C(=O)C1COc2ccccc21. The maximum Gasteiger partial charge on any atom is 0.390 e. The Kier molecular flexibility index (Phi) is 4.20. The Bertz CT molecular complexity index is 488. The van der Waals surface area contributed by atoms with E-state index in [9.17, 15) is 18.0 Å². The quantitative estimate of drug-likeness (QED) is 0.852. The summed E-state index contributed by atoms with van der Waals surface area (Å²) in [7, 11) is 0. The zero-order chi connectivity index (χ0) is 14.8. The fourth-order valence-electron chi connectivity index (χ4n) is 2.27. The van der Waals surface area contributed by atoms with Crippen LogP contribution in [0.3, 0.4) is 0 Å². The zero-order valence-corrected chi connectivity index (χ0v) is 11.1. The molecule has 1 aliphatic heterocycles. The summed E-state index contributed by atoms with van der Waals surface area (Å²) in [5.41, 5.74) is 0.753. The Hall–Kier alpha value is -1.72. The molecule has 1 aromatic rings. The van der Waals surface area contributed by atoms with Gasteiger partial charge in [0.2, 0.25) is 5.91 Å². The summed E-state index contributed by atoms with van der Waals surface area (Å²) in [6.45, 7) is 1.82. The van der Waals surface area contributed by atoms with E-state index in [1.54, 1.807) is 31.2 Å². The van der Waals surface area contributed by atoms with E-state index in [0.717, 1.165) is 5.56 Å². The summed E-state index contributed by atoms with van der Waals surface area (Å²) >= 11 is 0. The minimum Gasteiger partial charge on any atom is -0.492 e. The Morgan fingerprint density at radius 2 is 2.10 bits per heavy atom. The summed E-state index contributed by atoms with van der Waals surface area (Å²) in [4.78, 5) is 13.6. The van der Waals surface area contributed by atoms with Gasteiger partial charge in [0, 0.05) is 18.7 Å². The number of alkyl halides is 3.